The Morgan fingerprint density at radius 1 is 1.00 bits per heavy atom. The van der Waals surface area contributed by atoms with Crippen LogP contribution in [0, 0.1) is 11.3 Å². The highest BCUT2D eigenvalue weighted by molar-refractivity contribution is 6.03. The molecule has 2 aromatic rings. The highest BCUT2D eigenvalue weighted by Gasteiger charge is 2.46. The van der Waals surface area contributed by atoms with Gasteiger partial charge in [-0.25, -0.2) is 4.98 Å². The van der Waals surface area contributed by atoms with Crippen molar-refractivity contribution >= 4 is 18.3 Å². The van der Waals surface area contributed by atoms with Crippen LogP contribution in [0.5, 0.6) is 0 Å². The van der Waals surface area contributed by atoms with Crippen LogP contribution in [0.25, 0.3) is 11.1 Å². The number of rotatable bonds is 2. The van der Waals surface area contributed by atoms with Crippen molar-refractivity contribution in [2.45, 2.75) is 12.4 Å². The number of nitrogens with one attached hydrogen (secondary N) is 1. The summed E-state index contributed by atoms with van der Waals surface area (Å²) in [6.07, 6.45) is -10.7. The van der Waals surface area contributed by atoms with Gasteiger partial charge in [0, 0.05) is 31.7 Å². The van der Waals surface area contributed by atoms with Gasteiger partial charge in [-0.2, -0.15) is 31.6 Å². The van der Waals surface area contributed by atoms with Crippen molar-refractivity contribution in [3.05, 3.63) is 52.8 Å². The number of halogens is 7. The van der Waals surface area contributed by atoms with Gasteiger partial charge < -0.3 is 10.2 Å². The molecule has 0 radical (unpaired) electrons. The van der Waals surface area contributed by atoms with Gasteiger partial charge in [0.25, 0.3) is 5.91 Å². The van der Waals surface area contributed by atoms with Crippen LogP contribution in [0.1, 0.15) is 27.3 Å². The third-order valence-electron chi connectivity index (χ3n) is 4.53. The molecular formula is C19H15ClF6N4O. The van der Waals surface area contributed by atoms with E-state index in [2.05, 4.69) is 10.3 Å². The molecule has 166 valence electrons. The molecule has 0 atom stereocenters. The summed E-state index contributed by atoms with van der Waals surface area (Å²) >= 11 is 0. The normalized spacial score (nSPS) is 14.5. The Morgan fingerprint density at radius 2 is 1.55 bits per heavy atom. The van der Waals surface area contributed by atoms with Crippen molar-refractivity contribution in [2.75, 3.05) is 26.2 Å². The fourth-order valence-corrected chi connectivity index (χ4v) is 3.23. The zero-order valence-corrected chi connectivity index (χ0v) is 16.5. The zero-order chi connectivity index (χ0) is 22.1. The smallest absolute Gasteiger partial charge is 0.336 e. The fraction of sp³-hybridized carbons (Fsp3) is 0.316. The molecule has 12 heteroatoms. The van der Waals surface area contributed by atoms with Gasteiger partial charge in [-0.1, -0.05) is 30.3 Å². The molecule has 1 saturated heterocycles. The van der Waals surface area contributed by atoms with E-state index in [0.29, 0.717) is 13.1 Å². The first-order chi connectivity index (χ1) is 14.1. The van der Waals surface area contributed by atoms with Gasteiger partial charge in [-0.3, -0.25) is 4.79 Å². The van der Waals surface area contributed by atoms with E-state index in [1.807, 2.05) is 0 Å². The molecule has 2 heterocycles. The molecule has 1 amide bonds. The topological polar surface area (TPSA) is 69.0 Å². The molecule has 31 heavy (non-hydrogen) atoms. The van der Waals surface area contributed by atoms with E-state index in [9.17, 15) is 36.4 Å². The lowest BCUT2D eigenvalue weighted by Crippen LogP contribution is -2.47. The lowest BCUT2D eigenvalue weighted by atomic mass is 9.91. The van der Waals surface area contributed by atoms with Gasteiger partial charge in [0.05, 0.1) is 11.1 Å². The number of hydrogen-bond donors (Lipinski definition) is 1. The Bertz CT molecular complexity index is 996. The van der Waals surface area contributed by atoms with Crippen molar-refractivity contribution < 1.29 is 31.1 Å². The quantitative estimate of drug-likeness (QED) is 0.679. The SMILES string of the molecule is Cl.N#Cc1c(C(F)(F)F)nc(C(F)(F)F)c(C(=O)N2CCNCC2)c1-c1ccccc1. The number of amides is 1. The molecular weight excluding hydrogens is 450 g/mol. The lowest BCUT2D eigenvalue weighted by Gasteiger charge is -2.29. The van der Waals surface area contributed by atoms with E-state index in [-0.39, 0.29) is 31.1 Å². The Hall–Kier alpha value is -2.84. The van der Waals surface area contributed by atoms with Crippen molar-refractivity contribution in [1.29, 1.82) is 5.26 Å². The molecule has 1 N–H and O–H groups in total. The van der Waals surface area contributed by atoms with Crippen LogP contribution in [0.2, 0.25) is 0 Å². The van der Waals surface area contributed by atoms with E-state index in [0.717, 1.165) is 4.90 Å². The maximum Gasteiger partial charge on any atom is 0.434 e. The maximum absolute atomic E-state index is 13.8. The minimum Gasteiger partial charge on any atom is -0.336 e. The average molecular weight is 465 g/mol. The monoisotopic (exact) mass is 464 g/mol. The third-order valence-corrected chi connectivity index (χ3v) is 4.53. The van der Waals surface area contributed by atoms with Crippen LogP contribution in [-0.4, -0.2) is 42.0 Å². The largest absolute Gasteiger partial charge is 0.434 e. The first-order valence-electron chi connectivity index (χ1n) is 8.73. The summed E-state index contributed by atoms with van der Waals surface area (Å²) in [6, 6.07) is 8.07. The summed E-state index contributed by atoms with van der Waals surface area (Å²) in [7, 11) is 0. The fourth-order valence-electron chi connectivity index (χ4n) is 3.23. The number of pyridine rings is 1. The average Bonchev–Trinajstić information content (AvgIpc) is 2.71. The first kappa shape index (κ1) is 24.4. The van der Waals surface area contributed by atoms with Gasteiger partial charge >= 0.3 is 12.4 Å². The van der Waals surface area contributed by atoms with Gasteiger partial charge in [0.2, 0.25) is 0 Å². The molecule has 5 nitrogen and oxygen atoms in total. The molecule has 0 aliphatic carbocycles. The maximum atomic E-state index is 13.8. The predicted molar refractivity (Wildman–Crippen MR) is 100 cm³/mol. The Kier molecular flexibility index (Phi) is 7.18. The van der Waals surface area contributed by atoms with Crippen molar-refractivity contribution in [2.24, 2.45) is 0 Å². The molecule has 1 aromatic carbocycles. The zero-order valence-electron chi connectivity index (χ0n) is 15.6. The van der Waals surface area contributed by atoms with Crippen molar-refractivity contribution in [1.82, 2.24) is 15.2 Å². The number of alkyl halides is 6. The summed E-state index contributed by atoms with van der Waals surface area (Å²) in [6.45, 7) is 0.750. The van der Waals surface area contributed by atoms with Crippen LogP contribution in [0.4, 0.5) is 26.3 Å². The number of aromatic nitrogens is 1. The van der Waals surface area contributed by atoms with Crippen molar-refractivity contribution in [3.63, 3.8) is 0 Å². The Morgan fingerprint density at radius 3 is 2.03 bits per heavy atom. The predicted octanol–water partition coefficient (Wildman–Crippen LogP) is 4.13. The number of nitriles is 1. The lowest BCUT2D eigenvalue weighted by molar-refractivity contribution is -0.150. The summed E-state index contributed by atoms with van der Waals surface area (Å²) in [5, 5.41) is 12.4. The molecule has 1 fully saturated rings. The van der Waals surface area contributed by atoms with Crippen molar-refractivity contribution in [3.8, 4) is 17.2 Å². The van der Waals surface area contributed by atoms with Crippen LogP contribution in [-0.2, 0) is 12.4 Å². The van der Waals surface area contributed by atoms with Crippen LogP contribution in [0.15, 0.2) is 30.3 Å². The number of nitrogens with zero attached hydrogens (tertiary/aromatic N) is 3. The highest BCUT2D eigenvalue weighted by atomic mass is 35.5. The number of piperazine rings is 1. The molecule has 0 unspecified atom stereocenters. The molecule has 1 aromatic heterocycles. The summed E-state index contributed by atoms with van der Waals surface area (Å²) in [5.41, 5.74) is -6.97. The summed E-state index contributed by atoms with van der Waals surface area (Å²) < 4.78 is 81.8. The summed E-state index contributed by atoms with van der Waals surface area (Å²) in [4.78, 5) is 16.9. The van der Waals surface area contributed by atoms with E-state index in [4.69, 9.17) is 0 Å². The van der Waals surface area contributed by atoms with Crippen LogP contribution < -0.4 is 5.32 Å². The second kappa shape index (κ2) is 9.11. The van der Waals surface area contributed by atoms with Gasteiger partial charge in [0.15, 0.2) is 11.4 Å². The number of benzene rings is 1. The first-order valence-corrected chi connectivity index (χ1v) is 8.73. The van der Waals surface area contributed by atoms with E-state index in [1.165, 1.54) is 36.4 Å². The minimum absolute atomic E-state index is 0. The van der Waals surface area contributed by atoms with E-state index >= 15 is 0 Å². The number of carbonyl (C=O) groups excluding carboxylic acids is 1. The molecule has 0 saturated carbocycles. The van der Waals surface area contributed by atoms with Gasteiger partial charge in [-0.15, -0.1) is 12.4 Å². The molecule has 3 rings (SSSR count). The summed E-state index contributed by atoms with van der Waals surface area (Å²) in [5.74, 6) is -1.12. The van der Waals surface area contributed by atoms with E-state index in [1.54, 1.807) is 0 Å². The molecule has 1 aliphatic heterocycles. The Labute approximate surface area is 179 Å². The minimum atomic E-state index is -5.35. The molecule has 0 spiro atoms. The van der Waals surface area contributed by atoms with Gasteiger partial charge in [0.1, 0.15) is 6.07 Å². The van der Waals surface area contributed by atoms with Crippen LogP contribution >= 0.6 is 12.4 Å². The number of carbonyl (C=O) groups is 1. The molecule has 1 aliphatic rings. The van der Waals surface area contributed by atoms with Crippen LogP contribution in [0.3, 0.4) is 0 Å². The van der Waals surface area contributed by atoms with E-state index < -0.39 is 46.3 Å². The highest BCUT2D eigenvalue weighted by Crippen LogP contribution is 2.42. The Balaban J connectivity index is 0.00000341. The standard InChI is InChI=1S/C19H14F6N4O.ClH/c20-18(21,22)15-12(10-26)13(11-4-2-1-3-5-11)14(16(28-15)19(23,24)25)17(30)29-8-6-27-7-9-29;/h1-5,27H,6-9H2;1H. The van der Waals surface area contributed by atoms with Gasteiger partial charge in [-0.05, 0) is 5.56 Å². The number of hydrogen-bond acceptors (Lipinski definition) is 4. The second-order valence-electron chi connectivity index (χ2n) is 6.45. The third kappa shape index (κ3) is 4.91. The molecule has 0 bridgehead atoms. The second-order valence-corrected chi connectivity index (χ2v) is 6.45.